The predicted molar refractivity (Wildman–Crippen MR) is 102 cm³/mol. The van der Waals surface area contributed by atoms with Gasteiger partial charge in [-0.1, -0.05) is 0 Å². The molecule has 2 fully saturated rings. The maximum absolute atomic E-state index is 6.07. The number of furan rings is 1. The molecule has 2 aliphatic rings. The smallest absolute Gasteiger partial charge is 0.225 e. The SMILES string of the molecule is c1cnc(N2CCC3(CCCN3Cc3ccc(-c4ccn[nH]4)o3)CC2)nc1. The van der Waals surface area contributed by atoms with Gasteiger partial charge in [0.25, 0.3) is 0 Å². The fourth-order valence-corrected chi connectivity index (χ4v) is 4.57. The second-order valence-electron chi connectivity index (χ2n) is 7.52. The highest BCUT2D eigenvalue weighted by molar-refractivity contribution is 5.51. The monoisotopic (exact) mass is 364 g/mol. The van der Waals surface area contributed by atoms with E-state index in [0.29, 0.717) is 0 Å². The molecule has 140 valence electrons. The fraction of sp³-hybridized carbons (Fsp3) is 0.450. The molecule has 0 atom stereocenters. The van der Waals surface area contributed by atoms with Gasteiger partial charge < -0.3 is 9.32 Å². The fourth-order valence-electron chi connectivity index (χ4n) is 4.57. The second kappa shape index (κ2) is 6.81. The zero-order valence-corrected chi connectivity index (χ0v) is 15.3. The van der Waals surface area contributed by atoms with E-state index in [4.69, 9.17) is 4.42 Å². The van der Waals surface area contributed by atoms with Gasteiger partial charge in [0.2, 0.25) is 5.95 Å². The zero-order chi connectivity index (χ0) is 18.1. The van der Waals surface area contributed by atoms with Crippen molar-refractivity contribution in [1.82, 2.24) is 25.1 Å². The number of nitrogens with zero attached hydrogens (tertiary/aromatic N) is 5. The molecule has 1 spiro atoms. The zero-order valence-electron chi connectivity index (χ0n) is 15.3. The van der Waals surface area contributed by atoms with Gasteiger partial charge in [-0.25, -0.2) is 9.97 Å². The van der Waals surface area contributed by atoms with Crippen LogP contribution in [0.2, 0.25) is 0 Å². The van der Waals surface area contributed by atoms with Crippen LogP contribution in [0.3, 0.4) is 0 Å². The van der Waals surface area contributed by atoms with Crippen LogP contribution >= 0.6 is 0 Å². The molecule has 27 heavy (non-hydrogen) atoms. The minimum absolute atomic E-state index is 0.284. The summed E-state index contributed by atoms with van der Waals surface area (Å²) in [7, 11) is 0. The Labute approximate surface area is 158 Å². The molecule has 5 heterocycles. The lowest BCUT2D eigenvalue weighted by Crippen LogP contribution is -2.52. The summed E-state index contributed by atoms with van der Waals surface area (Å²) in [6.07, 6.45) is 10.2. The summed E-state index contributed by atoms with van der Waals surface area (Å²) in [6.45, 7) is 4.04. The van der Waals surface area contributed by atoms with Gasteiger partial charge in [0.15, 0.2) is 5.76 Å². The van der Waals surface area contributed by atoms with E-state index in [1.54, 1.807) is 6.20 Å². The van der Waals surface area contributed by atoms with E-state index in [-0.39, 0.29) is 5.54 Å². The van der Waals surface area contributed by atoms with E-state index in [1.807, 2.05) is 30.6 Å². The van der Waals surface area contributed by atoms with Crippen molar-refractivity contribution in [1.29, 1.82) is 0 Å². The van der Waals surface area contributed by atoms with Crippen molar-refractivity contribution in [3.05, 3.63) is 48.6 Å². The highest BCUT2D eigenvalue weighted by atomic mass is 16.3. The van der Waals surface area contributed by atoms with Crippen LogP contribution in [0.4, 0.5) is 5.95 Å². The third kappa shape index (κ3) is 3.12. The first kappa shape index (κ1) is 16.5. The first-order valence-corrected chi connectivity index (χ1v) is 9.68. The first-order chi connectivity index (χ1) is 13.3. The molecule has 0 unspecified atom stereocenters. The standard InChI is InChI=1S/C20H24N6O/c1-6-20(7-13-25(14-8-20)19-21-9-2-10-22-19)26(12-1)15-16-3-4-18(27-16)17-5-11-23-24-17/h2-5,9-11H,1,6-8,12-15H2,(H,23,24). The second-order valence-corrected chi connectivity index (χ2v) is 7.52. The largest absolute Gasteiger partial charge is 0.458 e. The van der Waals surface area contributed by atoms with Gasteiger partial charge in [0.05, 0.1) is 6.54 Å². The van der Waals surface area contributed by atoms with Crippen molar-refractivity contribution in [2.45, 2.75) is 37.8 Å². The van der Waals surface area contributed by atoms with Gasteiger partial charge in [0, 0.05) is 37.2 Å². The summed E-state index contributed by atoms with van der Waals surface area (Å²) >= 11 is 0. The molecule has 7 heteroatoms. The Hall–Kier alpha value is -2.67. The maximum Gasteiger partial charge on any atom is 0.225 e. The molecule has 7 nitrogen and oxygen atoms in total. The highest BCUT2D eigenvalue weighted by Gasteiger charge is 2.43. The van der Waals surface area contributed by atoms with Gasteiger partial charge in [-0.05, 0) is 56.5 Å². The number of hydrogen-bond acceptors (Lipinski definition) is 6. The van der Waals surface area contributed by atoms with Crippen LogP contribution < -0.4 is 4.90 Å². The van der Waals surface area contributed by atoms with Crippen LogP contribution in [0.15, 0.2) is 47.3 Å². The summed E-state index contributed by atoms with van der Waals surface area (Å²) in [4.78, 5) is 13.8. The maximum atomic E-state index is 6.07. The normalized spacial score (nSPS) is 19.8. The predicted octanol–water partition coefficient (Wildman–Crippen LogP) is 3.09. The number of anilines is 1. The number of rotatable bonds is 4. The molecular weight excluding hydrogens is 340 g/mol. The average Bonchev–Trinajstić information content (AvgIpc) is 3.46. The topological polar surface area (TPSA) is 74.1 Å². The Balaban J connectivity index is 1.27. The molecule has 0 radical (unpaired) electrons. The Bertz CT molecular complexity index is 867. The van der Waals surface area contributed by atoms with Crippen molar-refractivity contribution in [2.24, 2.45) is 0 Å². The van der Waals surface area contributed by atoms with E-state index < -0.39 is 0 Å². The van der Waals surface area contributed by atoms with Crippen molar-refractivity contribution in [3.63, 3.8) is 0 Å². The molecule has 3 aromatic rings. The molecule has 2 aliphatic heterocycles. The van der Waals surface area contributed by atoms with Crippen LogP contribution in [0.1, 0.15) is 31.4 Å². The number of aromatic nitrogens is 4. The average molecular weight is 364 g/mol. The Morgan fingerprint density at radius 3 is 2.63 bits per heavy atom. The molecule has 0 bridgehead atoms. The van der Waals surface area contributed by atoms with Crippen LogP contribution in [0.5, 0.6) is 0 Å². The summed E-state index contributed by atoms with van der Waals surface area (Å²) in [5, 5.41) is 6.96. The minimum Gasteiger partial charge on any atom is -0.458 e. The van der Waals surface area contributed by atoms with Crippen molar-refractivity contribution < 1.29 is 4.42 Å². The summed E-state index contributed by atoms with van der Waals surface area (Å²) in [6, 6.07) is 7.92. The van der Waals surface area contributed by atoms with E-state index in [0.717, 1.165) is 62.2 Å². The van der Waals surface area contributed by atoms with Gasteiger partial charge in [0.1, 0.15) is 11.5 Å². The molecule has 0 aromatic carbocycles. The Morgan fingerprint density at radius 1 is 1.00 bits per heavy atom. The molecular formula is C20H24N6O. The number of likely N-dealkylation sites (tertiary alicyclic amines) is 1. The molecule has 3 aromatic heterocycles. The number of piperidine rings is 1. The lowest BCUT2D eigenvalue weighted by atomic mass is 9.85. The lowest BCUT2D eigenvalue weighted by Gasteiger charge is -2.44. The Morgan fingerprint density at radius 2 is 1.85 bits per heavy atom. The van der Waals surface area contributed by atoms with Gasteiger partial charge >= 0.3 is 0 Å². The summed E-state index contributed by atoms with van der Waals surface area (Å²) in [5.41, 5.74) is 1.21. The minimum atomic E-state index is 0.284. The lowest BCUT2D eigenvalue weighted by molar-refractivity contribution is 0.0923. The highest BCUT2D eigenvalue weighted by Crippen LogP contribution is 2.40. The van der Waals surface area contributed by atoms with Crippen LogP contribution in [0.25, 0.3) is 11.5 Å². The summed E-state index contributed by atoms with van der Waals surface area (Å²) in [5.74, 6) is 2.73. The molecule has 5 rings (SSSR count). The molecule has 0 amide bonds. The Kier molecular flexibility index (Phi) is 4.16. The van der Waals surface area contributed by atoms with Crippen molar-refractivity contribution in [3.8, 4) is 11.5 Å². The quantitative estimate of drug-likeness (QED) is 0.767. The summed E-state index contributed by atoms with van der Waals surface area (Å²) < 4.78 is 6.07. The molecule has 2 saturated heterocycles. The molecule has 0 aliphatic carbocycles. The number of hydrogen-bond donors (Lipinski definition) is 1. The number of nitrogens with one attached hydrogen (secondary N) is 1. The van der Waals surface area contributed by atoms with Gasteiger partial charge in [-0.3, -0.25) is 10.00 Å². The number of H-pyrrole nitrogens is 1. The number of aromatic amines is 1. The molecule has 0 saturated carbocycles. The van der Waals surface area contributed by atoms with E-state index in [9.17, 15) is 0 Å². The van der Waals surface area contributed by atoms with E-state index in [1.165, 1.54) is 12.8 Å². The van der Waals surface area contributed by atoms with Crippen molar-refractivity contribution >= 4 is 5.95 Å². The molecule has 1 N–H and O–H groups in total. The van der Waals surface area contributed by atoms with Crippen LogP contribution in [-0.2, 0) is 6.54 Å². The third-order valence-electron chi connectivity index (χ3n) is 6.04. The van der Waals surface area contributed by atoms with E-state index in [2.05, 4.69) is 36.0 Å². The van der Waals surface area contributed by atoms with E-state index >= 15 is 0 Å². The van der Waals surface area contributed by atoms with Crippen LogP contribution in [0, 0.1) is 0 Å². The van der Waals surface area contributed by atoms with Crippen molar-refractivity contribution in [2.75, 3.05) is 24.5 Å². The van der Waals surface area contributed by atoms with Gasteiger partial charge in [-0.15, -0.1) is 0 Å². The third-order valence-corrected chi connectivity index (χ3v) is 6.04. The van der Waals surface area contributed by atoms with Crippen LogP contribution in [-0.4, -0.2) is 50.2 Å². The first-order valence-electron chi connectivity index (χ1n) is 9.68. The van der Waals surface area contributed by atoms with Gasteiger partial charge in [-0.2, -0.15) is 5.10 Å².